The summed E-state index contributed by atoms with van der Waals surface area (Å²) >= 11 is 0. The Balaban J connectivity index is 2.07. The predicted octanol–water partition coefficient (Wildman–Crippen LogP) is 1.34. The van der Waals surface area contributed by atoms with Gasteiger partial charge in [0, 0.05) is 6.54 Å². The summed E-state index contributed by atoms with van der Waals surface area (Å²) in [6.07, 6.45) is 6.11. The molecule has 5 heteroatoms. The molecule has 5 nitrogen and oxygen atoms in total. The van der Waals surface area contributed by atoms with E-state index < -0.39 is 18.0 Å². The van der Waals surface area contributed by atoms with E-state index in [9.17, 15) is 9.59 Å². The molecule has 1 saturated carbocycles. The van der Waals surface area contributed by atoms with E-state index in [1.807, 2.05) is 0 Å². The molecule has 1 atom stereocenters. The number of aliphatic carboxylic acids is 1. The van der Waals surface area contributed by atoms with Crippen LogP contribution in [0.15, 0.2) is 0 Å². The SMILES string of the molecule is C[C@H](NC(=O)NCCC1CCCC1)C(=O)O. The number of urea groups is 1. The molecule has 0 saturated heterocycles. The first kappa shape index (κ1) is 12.8. The zero-order valence-electron chi connectivity index (χ0n) is 9.66. The molecule has 0 bridgehead atoms. The van der Waals surface area contributed by atoms with Crippen molar-refractivity contribution in [2.24, 2.45) is 5.92 Å². The molecule has 2 amide bonds. The Morgan fingerprint density at radius 3 is 2.56 bits per heavy atom. The molecular weight excluding hydrogens is 208 g/mol. The smallest absolute Gasteiger partial charge is 0.325 e. The average molecular weight is 228 g/mol. The summed E-state index contributed by atoms with van der Waals surface area (Å²) in [5.41, 5.74) is 0. The van der Waals surface area contributed by atoms with Crippen molar-refractivity contribution in [2.45, 2.75) is 45.1 Å². The van der Waals surface area contributed by atoms with Gasteiger partial charge in [-0.25, -0.2) is 4.79 Å². The van der Waals surface area contributed by atoms with Crippen LogP contribution in [0.3, 0.4) is 0 Å². The van der Waals surface area contributed by atoms with Crippen LogP contribution in [0.5, 0.6) is 0 Å². The molecule has 92 valence electrons. The fourth-order valence-corrected chi connectivity index (χ4v) is 2.00. The first-order valence-electron chi connectivity index (χ1n) is 5.86. The second-order valence-corrected chi connectivity index (χ2v) is 4.40. The van der Waals surface area contributed by atoms with Gasteiger partial charge in [-0.05, 0) is 19.3 Å². The van der Waals surface area contributed by atoms with Gasteiger partial charge in [-0.15, -0.1) is 0 Å². The molecular formula is C11H20N2O3. The van der Waals surface area contributed by atoms with Gasteiger partial charge in [-0.2, -0.15) is 0 Å². The van der Waals surface area contributed by atoms with Crippen LogP contribution in [0.4, 0.5) is 4.79 Å². The van der Waals surface area contributed by atoms with Gasteiger partial charge in [0.2, 0.25) is 0 Å². The van der Waals surface area contributed by atoms with Gasteiger partial charge in [0.15, 0.2) is 0 Å². The molecule has 0 spiro atoms. The predicted molar refractivity (Wildman–Crippen MR) is 60.2 cm³/mol. The second-order valence-electron chi connectivity index (χ2n) is 4.40. The van der Waals surface area contributed by atoms with E-state index in [1.165, 1.54) is 32.6 Å². The van der Waals surface area contributed by atoms with Crippen molar-refractivity contribution in [3.05, 3.63) is 0 Å². The van der Waals surface area contributed by atoms with Gasteiger partial charge in [0.05, 0.1) is 0 Å². The maximum absolute atomic E-state index is 11.2. The summed E-state index contributed by atoms with van der Waals surface area (Å²) in [7, 11) is 0. The number of rotatable bonds is 5. The van der Waals surface area contributed by atoms with E-state index in [-0.39, 0.29) is 0 Å². The minimum absolute atomic E-state index is 0.395. The zero-order chi connectivity index (χ0) is 12.0. The maximum atomic E-state index is 11.2. The average Bonchev–Trinajstić information content (AvgIpc) is 2.70. The minimum Gasteiger partial charge on any atom is -0.480 e. The lowest BCUT2D eigenvalue weighted by molar-refractivity contribution is -0.138. The van der Waals surface area contributed by atoms with Crippen LogP contribution < -0.4 is 10.6 Å². The number of carbonyl (C=O) groups excluding carboxylic acids is 1. The van der Waals surface area contributed by atoms with Crippen molar-refractivity contribution in [3.63, 3.8) is 0 Å². The Morgan fingerprint density at radius 2 is 2.00 bits per heavy atom. The normalized spacial score (nSPS) is 18.1. The Kier molecular flexibility index (Phi) is 5.08. The molecule has 0 aromatic carbocycles. The second kappa shape index (κ2) is 6.35. The third-order valence-corrected chi connectivity index (χ3v) is 3.03. The maximum Gasteiger partial charge on any atom is 0.325 e. The van der Waals surface area contributed by atoms with E-state index in [0.29, 0.717) is 6.54 Å². The first-order valence-corrected chi connectivity index (χ1v) is 5.86. The molecule has 16 heavy (non-hydrogen) atoms. The molecule has 0 aromatic heterocycles. The topological polar surface area (TPSA) is 78.4 Å². The van der Waals surface area contributed by atoms with Crippen LogP contribution in [0.1, 0.15) is 39.0 Å². The van der Waals surface area contributed by atoms with E-state index in [1.54, 1.807) is 0 Å². The number of hydrogen-bond donors (Lipinski definition) is 3. The fraction of sp³-hybridized carbons (Fsp3) is 0.818. The molecule has 0 radical (unpaired) electrons. The van der Waals surface area contributed by atoms with Crippen molar-refractivity contribution in [1.29, 1.82) is 0 Å². The van der Waals surface area contributed by atoms with E-state index in [4.69, 9.17) is 5.11 Å². The summed E-state index contributed by atoms with van der Waals surface area (Å²) in [5.74, 6) is -0.289. The van der Waals surface area contributed by atoms with Gasteiger partial charge in [-0.3, -0.25) is 4.79 Å². The molecule has 1 rings (SSSR count). The highest BCUT2D eigenvalue weighted by molar-refractivity contribution is 5.82. The van der Waals surface area contributed by atoms with Gasteiger partial charge >= 0.3 is 12.0 Å². The van der Waals surface area contributed by atoms with Gasteiger partial charge in [0.1, 0.15) is 6.04 Å². The molecule has 0 aromatic rings. The van der Waals surface area contributed by atoms with Gasteiger partial charge < -0.3 is 15.7 Å². The van der Waals surface area contributed by atoms with E-state index >= 15 is 0 Å². The lowest BCUT2D eigenvalue weighted by atomic mass is 10.0. The van der Waals surface area contributed by atoms with Crippen molar-refractivity contribution in [2.75, 3.05) is 6.54 Å². The van der Waals surface area contributed by atoms with Crippen LogP contribution in [-0.4, -0.2) is 29.7 Å². The Labute approximate surface area is 95.6 Å². The largest absolute Gasteiger partial charge is 0.480 e. The molecule has 0 aliphatic heterocycles. The van der Waals surface area contributed by atoms with E-state index in [0.717, 1.165) is 12.3 Å². The highest BCUT2D eigenvalue weighted by atomic mass is 16.4. The molecule has 0 unspecified atom stereocenters. The van der Waals surface area contributed by atoms with Gasteiger partial charge in [-0.1, -0.05) is 25.7 Å². The van der Waals surface area contributed by atoms with Crippen molar-refractivity contribution in [1.82, 2.24) is 10.6 Å². The van der Waals surface area contributed by atoms with Crippen molar-refractivity contribution < 1.29 is 14.7 Å². The third kappa shape index (κ3) is 4.51. The molecule has 0 heterocycles. The zero-order valence-corrected chi connectivity index (χ0v) is 9.66. The third-order valence-electron chi connectivity index (χ3n) is 3.03. The van der Waals surface area contributed by atoms with Crippen molar-refractivity contribution >= 4 is 12.0 Å². The molecule has 3 N–H and O–H groups in total. The molecule has 1 fully saturated rings. The minimum atomic E-state index is -1.02. The highest BCUT2D eigenvalue weighted by Crippen LogP contribution is 2.26. The lowest BCUT2D eigenvalue weighted by Crippen LogP contribution is -2.44. The Hall–Kier alpha value is -1.26. The van der Waals surface area contributed by atoms with Crippen LogP contribution >= 0.6 is 0 Å². The standard InChI is InChI=1S/C11H20N2O3/c1-8(10(14)15)13-11(16)12-7-6-9-4-2-3-5-9/h8-9H,2-7H2,1H3,(H,14,15)(H2,12,13,16)/t8-/m0/s1. The van der Waals surface area contributed by atoms with E-state index in [2.05, 4.69) is 10.6 Å². The molecule has 1 aliphatic rings. The number of nitrogens with one attached hydrogen (secondary N) is 2. The monoisotopic (exact) mass is 228 g/mol. The summed E-state index contributed by atoms with van der Waals surface area (Å²) in [6.45, 7) is 2.07. The highest BCUT2D eigenvalue weighted by Gasteiger charge is 2.16. The van der Waals surface area contributed by atoms with Crippen LogP contribution in [0.25, 0.3) is 0 Å². The summed E-state index contributed by atoms with van der Waals surface area (Å²) in [4.78, 5) is 21.7. The number of carbonyl (C=O) groups is 2. The quantitative estimate of drug-likeness (QED) is 0.664. The van der Waals surface area contributed by atoms with Gasteiger partial charge in [0.25, 0.3) is 0 Å². The summed E-state index contributed by atoms with van der Waals surface area (Å²) in [5, 5.41) is 13.6. The fourth-order valence-electron chi connectivity index (χ4n) is 2.00. The number of hydrogen-bond acceptors (Lipinski definition) is 2. The molecule has 1 aliphatic carbocycles. The Morgan fingerprint density at radius 1 is 1.38 bits per heavy atom. The van der Waals surface area contributed by atoms with Crippen LogP contribution in [0, 0.1) is 5.92 Å². The summed E-state index contributed by atoms with van der Waals surface area (Å²) < 4.78 is 0. The number of amides is 2. The number of carboxylic acid groups (broad SMARTS) is 1. The lowest BCUT2D eigenvalue weighted by Gasteiger charge is -2.12. The van der Waals surface area contributed by atoms with Crippen LogP contribution in [-0.2, 0) is 4.79 Å². The summed E-state index contributed by atoms with van der Waals surface area (Å²) in [6, 6.07) is -1.24. The van der Waals surface area contributed by atoms with Crippen molar-refractivity contribution in [3.8, 4) is 0 Å². The Bertz CT molecular complexity index is 250. The van der Waals surface area contributed by atoms with Crippen LogP contribution in [0.2, 0.25) is 0 Å². The first-order chi connectivity index (χ1) is 7.59. The number of carboxylic acids is 1.